The molecule has 0 saturated heterocycles. The van der Waals surface area contributed by atoms with Crippen molar-refractivity contribution in [3.8, 4) is 11.5 Å². The smallest absolute Gasteiger partial charge is 0.419 e. The number of ether oxygens (including phenoxy) is 1. The Labute approximate surface area is 226 Å². The van der Waals surface area contributed by atoms with Gasteiger partial charge in [0.15, 0.2) is 0 Å². The Morgan fingerprint density at radius 2 is 1.54 bits per heavy atom. The molecule has 39 heavy (non-hydrogen) atoms. The van der Waals surface area contributed by atoms with Crippen molar-refractivity contribution in [2.75, 3.05) is 4.31 Å². The minimum absolute atomic E-state index is 0.0131. The largest absolute Gasteiger partial charge is 0.457 e. The number of para-hydroxylation sites is 1. The summed E-state index contributed by atoms with van der Waals surface area (Å²) >= 11 is 1.21. The molecule has 0 aliphatic carbocycles. The van der Waals surface area contributed by atoms with Crippen LogP contribution in [-0.4, -0.2) is 8.42 Å². The molecule has 200 valence electrons. The van der Waals surface area contributed by atoms with Crippen LogP contribution in [0.3, 0.4) is 0 Å². The summed E-state index contributed by atoms with van der Waals surface area (Å²) in [5, 5.41) is 1.18. The number of halogens is 4. The maximum atomic E-state index is 14.1. The zero-order valence-corrected chi connectivity index (χ0v) is 22.1. The molecule has 5 rings (SSSR count). The van der Waals surface area contributed by atoms with Crippen molar-refractivity contribution in [3.05, 3.63) is 120 Å². The summed E-state index contributed by atoms with van der Waals surface area (Å²) in [5.74, 6) is -0.642. The first kappa shape index (κ1) is 26.7. The number of alkyl halides is 3. The van der Waals surface area contributed by atoms with Gasteiger partial charge in [-0.2, -0.15) is 13.2 Å². The topological polar surface area (TPSA) is 46.6 Å². The summed E-state index contributed by atoms with van der Waals surface area (Å²) in [5.41, 5.74) is -0.807. The average molecular weight is 572 g/mol. The van der Waals surface area contributed by atoms with E-state index in [9.17, 15) is 26.0 Å². The predicted octanol–water partition coefficient (Wildman–Crippen LogP) is 8.56. The lowest BCUT2D eigenvalue weighted by Gasteiger charge is -2.25. The number of rotatable bonds is 7. The molecule has 1 aromatic heterocycles. The Morgan fingerprint density at radius 3 is 2.26 bits per heavy atom. The van der Waals surface area contributed by atoms with Gasteiger partial charge in [0.1, 0.15) is 22.3 Å². The first-order chi connectivity index (χ1) is 18.5. The molecule has 0 spiro atoms. The van der Waals surface area contributed by atoms with E-state index in [4.69, 9.17) is 4.74 Å². The molecule has 0 bridgehead atoms. The lowest BCUT2D eigenvalue weighted by Crippen LogP contribution is -2.30. The molecule has 0 N–H and O–H groups in total. The lowest BCUT2D eigenvalue weighted by molar-refractivity contribution is -0.140. The lowest BCUT2D eigenvalue weighted by atomic mass is 10.1. The summed E-state index contributed by atoms with van der Waals surface area (Å²) in [6, 6.07) is 24.6. The normalized spacial score (nSPS) is 12.0. The number of thiophene rings is 1. The van der Waals surface area contributed by atoms with E-state index in [1.165, 1.54) is 29.5 Å². The van der Waals surface area contributed by atoms with Crippen LogP contribution in [0.2, 0.25) is 0 Å². The quantitative estimate of drug-likeness (QED) is 0.184. The van der Waals surface area contributed by atoms with E-state index in [0.717, 1.165) is 20.5 Å². The zero-order chi connectivity index (χ0) is 27.8. The van der Waals surface area contributed by atoms with Crippen molar-refractivity contribution in [2.45, 2.75) is 24.5 Å². The van der Waals surface area contributed by atoms with Crippen molar-refractivity contribution in [3.63, 3.8) is 0 Å². The number of anilines is 1. The standard InChI is InChI=1S/C29H21F4NO3S2/c1-19-24-12-5-6-13-27(24)38-28(19)34(18-20-14-15-26(30)25(16-20)29(31,32)33)39(35,36)23-11-7-10-22(17-23)37-21-8-3-2-4-9-21/h2-17H,18H2,1H3. The molecular formula is C29H21F4NO3S2. The molecule has 5 aromatic rings. The Kier molecular flexibility index (Phi) is 7.09. The summed E-state index contributed by atoms with van der Waals surface area (Å²) in [6.07, 6.45) is -4.93. The molecule has 4 nitrogen and oxygen atoms in total. The van der Waals surface area contributed by atoms with Crippen LogP contribution < -0.4 is 9.04 Å². The van der Waals surface area contributed by atoms with Crippen LogP contribution in [0.1, 0.15) is 16.7 Å². The third-order valence-corrected chi connectivity index (χ3v) is 9.23. The number of aryl methyl sites for hydroxylation is 1. The van der Waals surface area contributed by atoms with Crippen molar-refractivity contribution in [2.24, 2.45) is 0 Å². The van der Waals surface area contributed by atoms with E-state index in [2.05, 4.69) is 0 Å². The number of sulfonamides is 1. The molecule has 0 aliphatic heterocycles. The van der Waals surface area contributed by atoms with Gasteiger partial charge in [-0.3, -0.25) is 4.31 Å². The monoisotopic (exact) mass is 571 g/mol. The van der Waals surface area contributed by atoms with Crippen molar-refractivity contribution >= 4 is 36.4 Å². The van der Waals surface area contributed by atoms with Gasteiger partial charge in [0.05, 0.1) is 17.0 Å². The SMILES string of the molecule is Cc1c(N(Cc2ccc(F)c(C(F)(F)F)c2)S(=O)(=O)c2cccc(Oc3ccccc3)c2)sc2ccccc12. The number of benzene rings is 4. The van der Waals surface area contributed by atoms with E-state index in [0.29, 0.717) is 28.4 Å². The predicted molar refractivity (Wildman–Crippen MR) is 144 cm³/mol. The minimum Gasteiger partial charge on any atom is -0.457 e. The van der Waals surface area contributed by atoms with Gasteiger partial charge >= 0.3 is 6.18 Å². The highest BCUT2D eigenvalue weighted by molar-refractivity contribution is 7.93. The van der Waals surface area contributed by atoms with E-state index in [-0.39, 0.29) is 16.2 Å². The Morgan fingerprint density at radius 1 is 0.846 bits per heavy atom. The fraction of sp³-hybridized carbons (Fsp3) is 0.103. The minimum atomic E-state index is -4.93. The molecule has 0 radical (unpaired) electrons. The molecule has 1 heterocycles. The fourth-order valence-corrected chi connectivity index (χ4v) is 7.14. The average Bonchev–Trinajstić information content (AvgIpc) is 3.24. The van der Waals surface area contributed by atoms with Gasteiger partial charge < -0.3 is 4.74 Å². The Bertz CT molecular complexity index is 1750. The van der Waals surface area contributed by atoms with Gasteiger partial charge in [-0.15, -0.1) is 11.3 Å². The first-order valence-electron chi connectivity index (χ1n) is 11.7. The van der Waals surface area contributed by atoms with Crippen LogP contribution in [-0.2, 0) is 22.7 Å². The summed E-state index contributed by atoms with van der Waals surface area (Å²) in [4.78, 5) is -0.106. The van der Waals surface area contributed by atoms with Crippen LogP contribution in [0.25, 0.3) is 10.1 Å². The van der Waals surface area contributed by atoms with E-state index in [1.807, 2.05) is 30.3 Å². The molecule has 0 fully saturated rings. The Balaban J connectivity index is 1.61. The van der Waals surface area contributed by atoms with Gasteiger partial charge in [-0.25, -0.2) is 12.8 Å². The van der Waals surface area contributed by atoms with Crippen LogP contribution in [0.4, 0.5) is 22.6 Å². The van der Waals surface area contributed by atoms with Gasteiger partial charge in [0.2, 0.25) is 0 Å². The molecule has 0 unspecified atom stereocenters. The number of hydrogen-bond acceptors (Lipinski definition) is 4. The van der Waals surface area contributed by atoms with Gasteiger partial charge in [0.25, 0.3) is 10.0 Å². The van der Waals surface area contributed by atoms with Crippen LogP contribution in [0.5, 0.6) is 11.5 Å². The first-order valence-corrected chi connectivity index (χ1v) is 14.0. The fourth-order valence-electron chi connectivity index (χ4n) is 4.17. The highest BCUT2D eigenvalue weighted by atomic mass is 32.2. The molecule has 4 aromatic carbocycles. The van der Waals surface area contributed by atoms with Gasteiger partial charge in [0, 0.05) is 10.8 Å². The molecule has 0 amide bonds. The summed E-state index contributed by atoms with van der Waals surface area (Å²) < 4.78 is 90.2. The molecule has 0 saturated carbocycles. The van der Waals surface area contributed by atoms with Crippen LogP contribution in [0, 0.1) is 12.7 Å². The maximum absolute atomic E-state index is 14.1. The number of fused-ring (bicyclic) bond motifs is 1. The summed E-state index contributed by atoms with van der Waals surface area (Å²) in [7, 11) is -4.31. The van der Waals surface area contributed by atoms with Crippen LogP contribution >= 0.6 is 11.3 Å². The third-order valence-electron chi connectivity index (χ3n) is 6.08. The zero-order valence-electron chi connectivity index (χ0n) is 20.4. The van der Waals surface area contributed by atoms with Crippen LogP contribution in [0.15, 0.2) is 102 Å². The highest BCUT2D eigenvalue weighted by Crippen LogP contribution is 2.41. The molecule has 0 aliphatic rings. The maximum Gasteiger partial charge on any atom is 0.419 e. The second-order valence-corrected chi connectivity index (χ2v) is 11.6. The molecular weight excluding hydrogens is 550 g/mol. The van der Waals surface area contributed by atoms with Gasteiger partial charge in [-0.05, 0) is 65.9 Å². The van der Waals surface area contributed by atoms with Gasteiger partial charge in [-0.1, -0.05) is 48.5 Å². The highest BCUT2D eigenvalue weighted by Gasteiger charge is 2.35. The Hall–Kier alpha value is -3.89. The third kappa shape index (κ3) is 5.48. The van der Waals surface area contributed by atoms with E-state index < -0.39 is 34.1 Å². The second-order valence-electron chi connectivity index (χ2n) is 8.74. The molecule has 0 atom stereocenters. The second kappa shape index (κ2) is 10.3. The molecule has 10 heteroatoms. The number of nitrogens with zero attached hydrogens (tertiary/aromatic N) is 1. The van der Waals surface area contributed by atoms with Crippen molar-refractivity contribution in [1.29, 1.82) is 0 Å². The van der Waals surface area contributed by atoms with E-state index in [1.54, 1.807) is 37.3 Å². The van der Waals surface area contributed by atoms with Crippen molar-refractivity contribution in [1.82, 2.24) is 0 Å². The van der Waals surface area contributed by atoms with Crippen molar-refractivity contribution < 1.29 is 30.7 Å². The number of hydrogen-bond donors (Lipinski definition) is 0. The van der Waals surface area contributed by atoms with E-state index >= 15 is 0 Å². The summed E-state index contributed by atoms with van der Waals surface area (Å²) in [6.45, 7) is 1.32.